The van der Waals surface area contributed by atoms with Crippen LogP contribution < -0.4 is 0 Å². The summed E-state index contributed by atoms with van der Waals surface area (Å²) in [5, 5.41) is 37.5. The van der Waals surface area contributed by atoms with Gasteiger partial charge >= 0.3 is 0 Å². The van der Waals surface area contributed by atoms with Crippen molar-refractivity contribution in [2.75, 3.05) is 0 Å². The number of aryl methyl sites for hydroxylation is 1. The van der Waals surface area contributed by atoms with Crippen molar-refractivity contribution in [2.24, 2.45) is 5.92 Å². The molecule has 0 heterocycles. The zero-order valence-corrected chi connectivity index (χ0v) is 12.0. The van der Waals surface area contributed by atoms with E-state index in [-0.39, 0.29) is 23.0 Å². The summed E-state index contributed by atoms with van der Waals surface area (Å²) in [6.07, 6.45) is 2.53. The Morgan fingerprint density at radius 2 is 1.29 bits per heavy atom. The first-order valence-corrected chi connectivity index (χ1v) is 6.97. The number of aromatic hydroxyl groups is 4. The molecule has 0 aromatic heterocycles. The van der Waals surface area contributed by atoms with E-state index in [1.807, 2.05) is 0 Å². The molecule has 0 fully saturated rings. The Labute approximate surface area is 123 Å². The maximum Gasteiger partial charge on any atom is 0.157 e. The fourth-order valence-corrected chi connectivity index (χ4v) is 2.34. The molecule has 4 N–H and O–H groups in total. The van der Waals surface area contributed by atoms with Gasteiger partial charge in [0.2, 0.25) is 0 Å². The van der Waals surface area contributed by atoms with Crippen molar-refractivity contribution in [1.29, 1.82) is 0 Å². The summed E-state index contributed by atoms with van der Waals surface area (Å²) >= 11 is 0. The van der Waals surface area contributed by atoms with Crippen LogP contribution in [0.2, 0.25) is 0 Å². The second kappa shape index (κ2) is 6.39. The first kappa shape index (κ1) is 15.0. The molecule has 0 spiro atoms. The van der Waals surface area contributed by atoms with E-state index < -0.39 is 0 Å². The SMILES string of the molecule is CC(CCc1ccc(O)c(O)c1)Cc1ccc(O)c(O)c1. The van der Waals surface area contributed by atoms with E-state index in [9.17, 15) is 20.4 Å². The quantitative estimate of drug-likeness (QED) is 0.636. The van der Waals surface area contributed by atoms with Crippen molar-refractivity contribution >= 4 is 0 Å². The summed E-state index contributed by atoms with van der Waals surface area (Å²) in [7, 11) is 0. The maximum atomic E-state index is 9.48. The van der Waals surface area contributed by atoms with Gasteiger partial charge in [-0.1, -0.05) is 19.1 Å². The molecule has 21 heavy (non-hydrogen) atoms. The molecule has 4 heteroatoms. The number of rotatable bonds is 5. The largest absolute Gasteiger partial charge is 0.504 e. The van der Waals surface area contributed by atoms with E-state index in [1.54, 1.807) is 24.3 Å². The van der Waals surface area contributed by atoms with Gasteiger partial charge in [-0.2, -0.15) is 0 Å². The lowest BCUT2D eigenvalue weighted by molar-refractivity contribution is 0.402. The number of hydrogen-bond donors (Lipinski definition) is 4. The number of benzene rings is 2. The molecule has 112 valence electrons. The van der Waals surface area contributed by atoms with Crippen LogP contribution in [0, 0.1) is 5.92 Å². The van der Waals surface area contributed by atoms with E-state index >= 15 is 0 Å². The van der Waals surface area contributed by atoms with Crippen LogP contribution in [0.1, 0.15) is 24.5 Å². The molecule has 2 aromatic rings. The number of phenolic OH excluding ortho intramolecular Hbond substituents is 4. The smallest absolute Gasteiger partial charge is 0.157 e. The van der Waals surface area contributed by atoms with E-state index in [2.05, 4.69) is 6.92 Å². The summed E-state index contributed by atoms with van der Waals surface area (Å²) in [6.45, 7) is 2.12. The van der Waals surface area contributed by atoms with Gasteiger partial charge in [-0.05, 0) is 60.6 Å². The Morgan fingerprint density at radius 1 is 0.762 bits per heavy atom. The predicted molar refractivity (Wildman–Crippen MR) is 80.7 cm³/mol. The normalized spacial score (nSPS) is 12.2. The Morgan fingerprint density at radius 3 is 1.86 bits per heavy atom. The lowest BCUT2D eigenvalue weighted by Crippen LogP contribution is -2.01. The number of hydrogen-bond acceptors (Lipinski definition) is 4. The van der Waals surface area contributed by atoms with Crippen molar-refractivity contribution in [1.82, 2.24) is 0 Å². The minimum atomic E-state index is -0.106. The summed E-state index contributed by atoms with van der Waals surface area (Å²) in [5.74, 6) is -0.00556. The minimum Gasteiger partial charge on any atom is -0.504 e. The predicted octanol–water partition coefficient (Wildman–Crippen LogP) is 3.32. The van der Waals surface area contributed by atoms with Crippen LogP contribution in [-0.2, 0) is 12.8 Å². The van der Waals surface area contributed by atoms with Gasteiger partial charge in [-0.3, -0.25) is 0 Å². The molecular weight excluding hydrogens is 268 g/mol. The highest BCUT2D eigenvalue weighted by Gasteiger charge is 2.08. The minimum absolute atomic E-state index is 0.0939. The van der Waals surface area contributed by atoms with Crippen molar-refractivity contribution in [2.45, 2.75) is 26.2 Å². The van der Waals surface area contributed by atoms with Gasteiger partial charge in [-0.15, -0.1) is 0 Å². The summed E-state index contributed by atoms with van der Waals surface area (Å²) in [5.41, 5.74) is 1.96. The van der Waals surface area contributed by atoms with Crippen LogP contribution in [0.15, 0.2) is 36.4 Å². The van der Waals surface area contributed by atoms with Gasteiger partial charge in [0.25, 0.3) is 0 Å². The monoisotopic (exact) mass is 288 g/mol. The van der Waals surface area contributed by atoms with Crippen molar-refractivity contribution in [3.05, 3.63) is 47.5 Å². The van der Waals surface area contributed by atoms with Crippen molar-refractivity contribution in [3.63, 3.8) is 0 Å². The zero-order chi connectivity index (χ0) is 15.4. The first-order chi connectivity index (χ1) is 9.95. The highest BCUT2D eigenvalue weighted by Crippen LogP contribution is 2.28. The third-order valence-corrected chi connectivity index (χ3v) is 3.59. The molecule has 1 unspecified atom stereocenters. The molecule has 4 nitrogen and oxygen atoms in total. The lowest BCUT2D eigenvalue weighted by atomic mass is 9.94. The summed E-state index contributed by atoms with van der Waals surface area (Å²) < 4.78 is 0. The van der Waals surface area contributed by atoms with Crippen LogP contribution in [0.3, 0.4) is 0 Å². The van der Waals surface area contributed by atoms with Crippen molar-refractivity contribution in [3.8, 4) is 23.0 Å². The average Bonchev–Trinajstić information content (AvgIpc) is 2.44. The van der Waals surface area contributed by atoms with Gasteiger partial charge in [0.05, 0.1) is 0 Å². The highest BCUT2D eigenvalue weighted by atomic mass is 16.3. The molecule has 0 aliphatic rings. The molecule has 0 amide bonds. The van der Waals surface area contributed by atoms with Crippen molar-refractivity contribution < 1.29 is 20.4 Å². The molecule has 0 radical (unpaired) electrons. The molecular formula is C17H20O4. The molecule has 1 atom stereocenters. The van der Waals surface area contributed by atoms with E-state index in [0.29, 0.717) is 5.92 Å². The Kier molecular flexibility index (Phi) is 4.58. The molecule has 0 aliphatic carbocycles. The van der Waals surface area contributed by atoms with E-state index in [0.717, 1.165) is 30.4 Å². The van der Waals surface area contributed by atoms with Crippen LogP contribution >= 0.6 is 0 Å². The van der Waals surface area contributed by atoms with Gasteiger partial charge in [0.1, 0.15) is 0 Å². The fourth-order valence-electron chi connectivity index (χ4n) is 2.34. The van der Waals surface area contributed by atoms with Gasteiger partial charge < -0.3 is 20.4 Å². The van der Waals surface area contributed by atoms with Gasteiger partial charge in [0.15, 0.2) is 23.0 Å². The molecule has 0 saturated carbocycles. The summed E-state index contributed by atoms with van der Waals surface area (Å²) in [6, 6.07) is 9.75. The van der Waals surface area contributed by atoms with E-state index in [1.165, 1.54) is 12.1 Å². The third kappa shape index (κ3) is 4.05. The Balaban J connectivity index is 1.90. The lowest BCUT2D eigenvalue weighted by Gasteiger charge is -2.12. The second-order valence-electron chi connectivity index (χ2n) is 5.49. The van der Waals surface area contributed by atoms with Crippen LogP contribution in [0.5, 0.6) is 23.0 Å². The molecule has 0 saturated heterocycles. The Hall–Kier alpha value is -2.36. The van der Waals surface area contributed by atoms with Crippen LogP contribution in [0.25, 0.3) is 0 Å². The summed E-state index contributed by atoms with van der Waals surface area (Å²) in [4.78, 5) is 0. The van der Waals surface area contributed by atoms with Gasteiger partial charge in [-0.25, -0.2) is 0 Å². The molecule has 0 aliphatic heterocycles. The van der Waals surface area contributed by atoms with Crippen LogP contribution in [0.4, 0.5) is 0 Å². The average molecular weight is 288 g/mol. The number of phenols is 4. The molecule has 0 bridgehead atoms. The topological polar surface area (TPSA) is 80.9 Å². The molecule has 2 rings (SSSR count). The zero-order valence-electron chi connectivity index (χ0n) is 12.0. The van der Waals surface area contributed by atoms with E-state index in [4.69, 9.17) is 0 Å². The molecule has 2 aromatic carbocycles. The van der Waals surface area contributed by atoms with Crippen LogP contribution in [-0.4, -0.2) is 20.4 Å². The first-order valence-electron chi connectivity index (χ1n) is 6.97. The fraction of sp³-hybridized carbons (Fsp3) is 0.294. The Bertz CT molecular complexity index is 622. The maximum absolute atomic E-state index is 9.48. The van der Waals surface area contributed by atoms with Gasteiger partial charge in [0, 0.05) is 0 Å². The standard InChI is InChI=1S/C17H20O4/c1-11(8-13-5-7-15(19)17(21)10-13)2-3-12-4-6-14(18)16(20)9-12/h4-7,9-11,18-21H,2-3,8H2,1H3. The highest BCUT2D eigenvalue weighted by molar-refractivity contribution is 5.41. The third-order valence-electron chi connectivity index (χ3n) is 3.59. The second-order valence-corrected chi connectivity index (χ2v) is 5.49.